The molecule has 3 atom stereocenters. The minimum Gasteiger partial charge on any atom is -0.493 e. The molecule has 2 aliphatic rings. The highest BCUT2D eigenvalue weighted by molar-refractivity contribution is 7.13. The van der Waals surface area contributed by atoms with Crippen LogP contribution in [0.15, 0.2) is 23.7 Å². The van der Waals surface area contributed by atoms with Gasteiger partial charge in [-0.2, -0.15) is 0 Å². The zero-order chi connectivity index (χ0) is 35.8. The first-order chi connectivity index (χ1) is 23.2. The van der Waals surface area contributed by atoms with E-state index >= 15 is 0 Å². The van der Waals surface area contributed by atoms with Gasteiger partial charge < -0.3 is 35.8 Å². The van der Waals surface area contributed by atoms with Gasteiger partial charge in [-0.3, -0.25) is 14.4 Å². The first-order valence-electron chi connectivity index (χ1n) is 17.1. The van der Waals surface area contributed by atoms with Crippen molar-refractivity contribution in [2.24, 2.45) is 5.41 Å². The number of aliphatic hydroxyl groups excluding tert-OH is 1. The third kappa shape index (κ3) is 10.6. The monoisotopic (exact) mass is 703 g/mol. The summed E-state index contributed by atoms with van der Waals surface area (Å²) in [6.45, 7) is 8.21. The predicted molar refractivity (Wildman–Crippen MR) is 184 cm³/mol. The molecule has 2 heterocycles. The number of aromatic nitrogens is 1. The number of carbonyl (C=O) groups excluding carboxylic acids is 3. The number of carboxylic acid groups (broad SMARTS) is 1. The minimum absolute atomic E-state index is 0.0401. The molecule has 1 unspecified atom stereocenters. The summed E-state index contributed by atoms with van der Waals surface area (Å²) >= 11 is 1.53. The van der Waals surface area contributed by atoms with E-state index in [1.165, 1.54) is 16.2 Å². The van der Waals surface area contributed by atoms with Crippen LogP contribution in [0, 0.1) is 12.3 Å². The van der Waals surface area contributed by atoms with Crippen molar-refractivity contribution in [2.45, 2.75) is 116 Å². The van der Waals surface area contributed by atoms with E-state index in [0.29, 0.717) is 18.9 Å². The van der Waals surface area contributed by atoms with Gasteiger partial charge >= 0.3 is 6.09 Å². The maximum Gasteiger partial charge on any atom is 0.404 e. The molecule has 0 spiro atoms. The van der Waals surface area contributed by atoms with E-state index in [4.69, 9.17) is 9.84 Å². The highest BCUT2D eigenvalue weighted by Crippen LogP contribution is 2.40. The molecule has 4 amide bonds. The average Bonchev–Trinajstić information content (AvgIpc) is 3.45. The van der Waals surface area contributed by atoms with Crippen molar-refractivity contribution < 1.29 is 38.5 Å². The lowest BCUT2D eigenvalue weighted by Gasteiger charge is -2.35. The third-order valence-electron chi connectivity index (χ3n) is 8.98. The van der Waals surface area contributed by atoms with E-state index in [-0.39, 0.29) is 32.4 Å². The molecule has 5 N–H and O–H groups in total. The molecule has 1 aliphatic carbocycles. The number of alkyl halides is 1. The van der Waals surface area contributed by atoms with E-state index in [2.05, 4.69) is 20.9 Å². The molecule has 14 heteroatoms. The van der Waals surface area contributed by atoms with Gasteiger partial charge in [0, 0.05) is 31.6 Å². The lowest BCUT2D eigenvalue weighted by atomic mass is 9.85. The van der Waals surface area contributed by atoms with Crippen molar-refractivity contribution >= 4 is 35.2 Å². The van der Waals surface area contributed by atoms with Gasteiger partial charge in [0.05, 0.1) is 28.8 Å². The van der Waals surface area contributed by atoms with Crippen molar-refractivity contribution in [2.75, 3.05) is 19.7 Å². The van der Waals surface area contributed by atoms with Crippen molar-refractivity contribution in [1.29, 1.82) is 0 Å². The Bertz CT molecular complexity index is 1470. The number of aliphatic hydroxyl groups is 1. The summed E-state index contributed by atoms with van der Waals surface area (Å²) in [6, 6.07) is 3.76. The summed E-state index contributed by atoms with van der Waals surface area (Å²) in [4.78, 5) is 57.1. The molecule has 270 valence electrons. The highest BCUT2D eigenvalue weighted by Gasteiger charge is 2.53. The van der Waals surface area contributed by atoms with Crippen LogP contribution < -0.4 is 20.7 Å². The normalized spacial score (nSPS) is 18.9. The lowest BCUT2D eigenvalue weighted by molar-refractivity contribution is -0.145. The summed E-state index contributed by atoms with van der Waals surface area (Å²) < 4.78 is 20.7. The van der Waals surface area contributed by atoms with Crippen LogP contribution in [-0.4, -0.2) is 87.5 Å². The topological polar surface area (TPSA) is 170 Å². The van der Waals surface area contributed by atoms with E-state index in [1.54, 1.807) is 26.3 Å². The van der Waals surface area contributed by atoms with E-state index in [9.17, 15) is 28.7 Å². The molecule has 2 aromatic rings. The quantitative estimate of drug-likeness (QED) is 0.148. The molecule has 1 aliphatic heterocycles. The first-order valence-corrected chi connectivity index (χ1v) is 18.0. The number of amides is 4. The molecule has 49 heavy (non-hydrogen) atoms. The van der Waals surface area contributed by atoms with Gasteiger partial charge in [-0.15, -0.1) is 11.3 Å². The van der Waals surface area contributed by atoms with Crippen molar-refractivity contribution in [3.63, 3.8) is 0 Å². The summed E-state index contributed by atoms with van der Waals surface area (Å²) in [7, 11) is 0. The maximum atomic E-state index is 14.5. The Morgan fingerprint density at radius 2 is 1.80 bits per heavy atom. The number of β-amino-alcohol motifs (C(OH)–C–C–N with tert-alkyl or cyclic N) is 1. The summed E-state index contributed by atoms with van der Waals surface area (Å²) in [5.41, 5.74) is 1.67. The number of hydrogen-bond acceptors (Lipinski definition) is 8. The van der Waals surface area contributed by atoms with Crippen molar-refractivity contribution in [3.05, 3.63) is 35.0 Å². The number of nitrogens with zero attached hydrogens (tertiary/aromatic N) is 2. The Hall–Kier alpha value is -3.78. The molecule has 1 aromatic carbocycles. The van der Waals surface area contributed by atoms with Crippen LogP contribution in [0.1, 0.15) is 89.8 Å². The fourth-order valence-electron chi connectivity index (χ4n) is 5.88. The number of rotatable bonds is 17. The number of nitrogens with one attached hydrogen (secondary N) is 3. The Morgan fingerprint density at radius 1 is 1.10 bits per heavy atom. The fraction of sp³-hybridized carbons (Fsp3) is 0.629. The van der Waals surface area contributed by atoms with Crippen molar-refractivity contribution in [1.82, 2.24) is 25.8 Å². The Balaban J connectivity index is 1.38. The maximum absolute atomic E-state index is 14.5. The molecule has 12 nitrogen and oxygen atoms in total. The number of likely N-dealkylation sites (tertiary alicyclic amines) is 1. The van der Waals surface area contributed by atoms with Crippen LogP contribution in [0.4, 0.5) is 9.18 Å². The number of thiazole rings is 1. The highest BCUT2D eigenvalue weighted by atomic mass is 32.1. The Kier molecular flexibility index (Phi) is 13.0. The average molecular weight is 704 g/mol. The zero-order valence-corrected chi connectivity index (χ0v) is 29.7. The SMILES string of the molecule is Cc1ncsc1-c1ccc(CNC(=O)[C@@H]2C[C@@H](O)CN2C(=O)C(NC(=O)C2(F)CC2)C(C)(C)C)c(OCCCCCCCCNC(=O)O)c1. The molecule has 1 saturated heterocycles. The molecule has 1 aromatic heterocycles. The van der Waals surface area contributed by atoms with Gasteiger partial charge in [0.15, 0.2) is 5.67 Å². The van der Waals surface area contributed by atoms with Gasteiger partial charge in [-0.05, 0) is 49.7 Å². The minimum atomic E-state index is -1.96. The Labute approximate surface area is 291 Å². The van der Waals surface area contributed by atoms with E-state index in [0.717, 1.165) is 60.2 Å². The van der Waals surface area contributed by atoms with Crippen LogP contribution >= 0.6 is 11.3 Å². The smallest absolute Gasteiger partial charge is 0.404 e. The Morgan fingerprint density at radius 3 is 2.43 bits per heavy atom. The lowest BCUT2D eigenvalue weighted by Crippen LogP contribution is -2.59. The van der Waals surface area contributed by atoms with Gasteiger partial charge in [0.25, 0.3) is 5.91 Å². The molecule has 0 bridgehead atoms. The van der Waals surface area contributed by atoms with Crippen LogP contribution in [0.5, 0.6) is 5.75 Å². The van der Waals surface area contributed by atoms with E-state index in [1.807, 2.05) is 25.1 Å². The standard InChI is InChI=1S/C35H50FN5O7S/c1-22-28(49-21-39-22)23-11-12-24(27(17-23)48-16-10-8-6-5-7-9-15-37-33(46)47)19-38-30(43)26-18-25(42)20-41(26)31(44)29(34(2,3)4)40-32(45)35(36)13-14-35/h11-12,17,21,25-26,29,37,42H,5-10,13-16,18-20H2,1-4H3,(H,38,43)(H,40,45)(H,46,47)/t25-,26+,29?/m1/s1. The first kappa shape index (κ1) is 38.0. The number of unbranched alkanes of at least 4 members (excludes halogenated alkanes) is 5. The second-order valence-electron chi connectivity index (χ2n) is 14.1. The van der Waals surface area contributed by atoms with Crippen molar-refractivity contribution in [3.8, 4) is 16.2 Å². The molecule has 1 saturated carbocycles. The molecular formula is C35H50FN5O7S. The van der Waals surface area contributed by atoms with Gasteiger partial charge in [0.2, 0.25) is 11.8 Å². The van der Waals surface area contributed by atoms with Crippen LogP contribution in [-0.2, 0) is 20.9 Å². The number of aryl methyl sites for hydroxylation is 1. The van der Waals surface area contributed by atoms with Crippen LogP contribution in [0.3, 0.4) is 0 Å². The molecule has 4 rings (SSSR count). The number of ether oxygens (including phenoxy) is 1. The molecule has 2 fully saturated rings. The number of benzene rings is 1. The molecular weight excluding hydrogens is 653 g/mol. The second kappa shape index (κ2) is 16.8. The summed E-state index contributed by atoms with van der Waals surface area (Å²) in [6.07, 6.45) is 3.91. The largest absolute Gasteiger partial charge is 0.493 e. The predicted octanol–water partition coefficient (Wildman–Crippen LogP) is 4.72. The van der Waals surface area contributed by atoms with Gasteiger partial charge in [-0.25, -0.2) is 14.2 Å². The van der Waals surface area contributed by atoms with E-state index < -0.39 is 53.1 Å². The number of carbonyl (C=O) groups is 4. The van der Waals surface area contributed by atoms with Gasteiger partial charge in [-0.1, -0.05) is 58.6 Å². The fourth-order valence-corrected chi connectivity index (χ4v) is 6.69. The summed E-state index contributed by atoms with van der Waals surface area (Å²) in [5, 5.41) is 27.0. The van der Waals surface area contributed by atoms with Gasteiger partial charge in [0.1, 0.15) is 17.8 Å². The van der Waals surface area contributed by atoms with Crippen LogP contribution in [0.2, 0.25) is 0 Å². The molecule has 0 radical (unpaired) electrons. The zero-order valence-electron chi connectivity index (χ0n) is 28.9. The second-order valence-corrected chi connectivity index (χ2v) is 15.0. The third-order valence-corrected chi connectivity index (χ3v) is 9.96. The summed E-state index contributed by atoms with van der Waals surface area (Å²) in [5.74, 6) is -1.18. The number of halogens is 1. The number of hydrogen-bond donors (Lipinski definition) is 5. The van der Waals surface area contributed by atoms with Crippen LogP contribution in [0.25, 0.3) is 10.4 Å².